The molecule has 0 fully saturated rings. The molecule has 0 atom stereocenters. The molecule has 1 aliphatic heterocycles. The molecule has 0 N–H and O–H groups in total. The lowest BCUT2D eigenvalue weighted by atomic mass is 10.1. The van der Waals surface area contributed by atoms with Gasteiger partial charge in [-0.2, -0.15) is 0 Å². The van der Waals surface area contributed by atoms with Gasteiger partial charge in [0.25, 0.3) is 11.8 Å². The van der Waals surface area contributed by atoms with Crippen molar-refractivity contribution in [2.45, 2.75) is 0 Å². The molecule has 2 amide bonds. The van der Waals surface area contributed by atoms with Crippen molar-refractivity contribution in [3.63, 3.8) is 0 Å². The number of carbonyl (C=O) groups is 3. The molecule has 0 saturated heterocycles. The summed E-state index contributed by atoms with van der Waals surface area (Å²) >= 11 is 0. The topological polar surface area (TPSA) is 99.6 Å². The van der Waals surface area contributed by atoms with Crippen molar-refractivity contribution in [3.05, 3.63) is 83.6 Å². The smallest absolute Gasteiger partial charge is 0.267 e. The van der Waals surface area contributed by atoms with E-state index in [4.69, 9.17) is 4.74 Å². The maximum atomic E-state index is 12.7. The molecule has 0 saturated carbocycles. The van der Waals surface area contributed by atoms with Gasteiger partial charge >= 0.3 is 0 Å². The number of nitrogens with zero attached hydrogens (tertiary/aromatic N) is 2. The van der Waals surface area contributed by atoms with E-state index in [0.717, 1.165) is 4.90 Å². The number of rotatable bonds is 4. The first kappa shape index (κ1) is 16.5. The maximum Gasteiger partial charge on any atom is 0.267 e. The molecule has 2 heterocycles. The third-order valence-electron chi connectivity index (χ3n) is 4.06. The molecule has 2 aromatic carbocycles. The van der Waals surface area contributed by atoms with E-state index in [1.165, 1.54) is 42.6 Å². The number of hydrogen-bond acceptors (Lipinski definition) is 6. The van der Waals surface area contributed by atoms with Gasteiger partial charge in [0.1, 0.15) is 17.3 Å². The zero-order chi connectivity index (χ0) is 19.0. The molecular formula is C20H11N2O5-. The molecule has 1 aliphatic rings. The van der Waals surface area contributed by atoms with Gasteiger partial charge in [0.2, 0.25) is 0 Å². The van der Waals surface area contributed by atoms with Crippen LogP contribution in [0.5, 0.6) is 11.5 Å². The van der Waals surface area contributed by atoms with Gasteiger partial charge in [-0.25, -0.2) is 9.88 Å². The van der Waals surface area contributed by atoms with Crippen LogP contribution in [0.2, 0.25) is 0 Å². The Morgan fingerprint density at radius 3 is 2.26 bits per heavy atom. The summed E-state index contributed by atoms with van der Waals surface area (Å²) in [6.45, 7) is 0. The van der Waals surface area contributed by atoms with Crippen LogP contribution in [-0.2, 0) is 0 Å². The molecule has 1 aromatic heterocycles. The Bertz CT molecular complexity index is 1060. The number of fused-ring (bicyclic) bond motifs is 1. The molecule has 132 valence electrons. The zero-order valence-corrected chi connectivity index (χ0v) is 13.8. The number of benzene rings is 2. The molecule has 0 unspecified atom stereocenters. The quantitative estimate of drug-likeness (QED) is 0.661. The van der Waals surface area contributed by atoms with E-state index in [1.807, 2.05) is 0 Å². The standard InChI is InChI=1S/C20H12N2O5/c23-18-15-9-8-14(27-13-6-4-12(5-7-13)20(25)26)11-16(15)19(24)22(18)17-3-1-2-10-21-17/h1-11H,(H,25,26)/p-1. The van der Waals surface area contributed by atoms with Gasteiger partial charge in [-0.3, -0.25) is 9.59 Å². The summed E-state index contributed by atoms with van der Waals surface area (Å²) < 4.78 is 5.65. The molecular weight excluding hydrogens is 348 g/mol. The molecule has 7 nitrogen and oxygen atoms in total. The molecule has 0 spiro atoms. The predicted octanol–water partition coefficient (Wildman–Crippen LogP) is 2.04. The monoisotopic (exact) mass is 359 g/mol. The van der Waals surface area contributed by atoms with E-state index < -0.39 is 17.8 Å². The molecule has 4 rings (SSSR count). The Kier molecular flexibility index (Phi) is 3.89. The lowest BCUT2D eigenvalue weighted by Crippen LogP contribution is -2.30. The minimum Gasteiger partial charge on any atom is -0.545 e. The van der Waals surface area contributed by atoms with E-state index in [0.29, 0.717) is 11.5 Å². The summed E-state index contributed by atoms with van der Waals surface area (Å²) in [6, 6.07) is 15.2. The zero-order valence-electron chi connectivity index (χ0n) is 13.8. The second-order valence-electron chi connectivity index (χ2n) is 5.75. The van der Waals surface area contributed by atoms with Gasteiger partial charge in [-0.05, 0) is 60.2 Å². The number of imide groups is 1. The van der Waals surface area contributed by atoms with Crippen LogP contribution in [0.4, 0.5) is 5.82 Å². The number of carboxylic acids is 1. The highest BCUT2D eigenvalue weighted by molar-refractivity contribution is 6.34. The SMILES string of the molecule is O=C([O-])c1ccc(Oc2ccc3c(c2)C(=O)N(c2ccccn2)C3=O)cc1. The lowest BCUT2D eigenvalue weighted by Gasteiger charge is -2.11. The molecule has 0 bridgehead atoms. The van der Waals surface area contributed by atoms with E-state index >= 15 is 0 Å². The van der Waals surface area contributed by atoms with Crippen molar-refractivity contribution < 1.29 is 24.2 Å². The average Bonchev–Trinajstić information content (AvgIpc) is 2.93. The number of carboxylic acid groups (broad SMARTS) is 1. The van der Waals surface area contributed by atoms with E-state index in [1.54, 1.807) is 24.3 Å². The van der Waals surface area contributed by atoms with Gasteiger partial charge in [0, 0.05) is 6.20 Å². The third kappa shape index (κ3) is 2.91. The number of anilines is 1. The first-order chi connectivity index (χ1) is 13.0. The Hall–Kier alpha value is -4.00. The summed E-state index contributed by atoms with van der Waals surface area (Å²) in [4.78, 5) is 41.1. The fourth-order valence-electron chi connectivity index (χ4n) is 2.77. The van der Waals surface area contributed by atoms with Gasteiger partial charge in [-0.1, -0.05) is 6.07 Å². The molecule has 0 radical (unpaired) electrons. The van der Waals surface area contributed by atoms with Crippen LogP contribution in [0, 0.1) is 0 Å². The summed E-state index contributed by atoms with van der Waals surface area (Å²) in [5.41, 5.74) is 0.517. The number of ether oxygens (including phenoxy) is 1. The summed E-state index contributed by atoms with van der Waals surface area (Å²) in [6.07, 6.45) is 1.50. The molecule has 0 aliphatic carbocycles. The minimum atomic E-state index is -1.28. The summed E-state index contributed by atoms with van der Waals surface area (Å²) in [7, 11) is 0. The number of aromatic nitrogens is 1. The van der Waals surface area contributed by atoms with Crippen molar-refractivity contribution in [3.8, 4) is 11.5 Å². The van der Waals surface area contributed by atoms with Crippen molar-refractivity contribution >= 4 is 23.6 Å². The van der Waals surface area contributed by atoms with Crippen molar-refractivity contribution in [1.82, 2.24) is 4.98 Å². The highest BCUT2D eigenvalue weighted by atomic mass is 16.5. The van der Waals surface area contributed by atoms with Crippen molar-refractivity contribution in [2.75, 3.05) is 4.90 Å². The third-order valence-corrected chi connectivity index (χ3v) is 4.06. The molecule has 27 heavy (non-hydrogen) atoms. The van der Waals surface area contributed by atoms with Crippen LogP contribution >= 0.6 is 0 Å². The van der Waals surface area contributed by atoms with Crippen LogP contribution in [0.1, 0.15) is 31.1 Å². The van der Waals surface area contributed by atoms with E-state index in [2.05, 4.69) is 4.98 Å². The Morgan fingerprint density at radius 2 is 1.59 bits per heavy atom. The van der Waals surface area contributed by atoms with Crippen LogP contribution in [0.15, 0.2) is 66.9 Å². The maximum absolute atomic E-state index is 12.7. The summed E-state index contributed by atoms with van der Waals surface area (Å²) in [5, 5.41) is 10.8. The van der Waals surface area contributed by atoms with Crippen LogP contribution in [0.25, 0.3) is 0 Å². The molecule has 3 aromatic rings. The highest BCUT2D eigenvalue weighted by Gasteiger charge is 2.37. The van der Waals surface area contributed by atoms with Crippen LogP contribution in [-0.4, -0.2) is 22.8 Å². The number of amides is 2. The average molecular weight is 359 g/mol. The van der Waals surface area contributed by atoms with Gasteiger partial charge in [0.15, 0.2) is 0 Å². The van der Waals surface area contributed by atoms with Crippen LogP contribution in [0.3, 0.4) is 0 Å². The fraction of sp³-hybridized carbons (Fsp3) is 0. The summed E-state index contributed by atoms with van der Waals surface area (Å²) in [5.74, 6) is -1.22. The van der Waals surface area contributed by atoms with Gasteiger partial charge < -0.3 is 14.6 Å². The second kappa shape index (κ2) is 6.38. The number of pyridine rings is 1. The van der Waals surface area contributed by atoms with E-state index in [9.17, 15) is 19.5 Å². The normalized spacial score (nSPS) is 12.8. The predicted molar refractivity (Wildman–Crippen MR) is 92.7 cm³/mol. The first-order valence-corrected chi connectivity index (χ1v) is 7.98. The van der Waals surface area contributed by atoms with Crippen molar-refractivity contribution in [1.29, 1.82) is 0 Å². The Balaban J connectivity index is 1.62. The lowest BCUT2D eigenvalue weighted by molar-refractivity contribution is -0.255. The number of hydrogen-bond donors (Lipinski definition) is 0. The fourth-order valence-corrected chi connectivity index (χ4v) is 2.77. The van der Waals surface area contributed by atoms with E-state index in [-0.39, 0.29) is 22.5 Å². The number of carbonyl (C=O) groups excluding carboxylic acids is 3. The van der Waals surface area contributed by atoms with Gasteiger partial charge in [0.05, 0.1) is 17.1 Å². The Labute approximate surface area is 153 Å². The van der Waals surface area contributed by atoms with Crippen molar-refractivity contribution in [2.24, 2.45) is 0 Å². The van der Waals surface area contributed by atoms with Gasteiger partial charge in [-0.15, -0.1) is 0 Å². The minimum absolute atomic E-state index is 0.0306. The largest absolute Gasteiger partial charge is 0.545 e. The first-order valence-electron chi connectivity index (χ1n) is 7.98. The van der Waals surface area contributed by atoms with Crippen LogP contribution < -0.4 is 14.7 Å². The molecule has 7 heteroatoms. The second-order valence-corrected chi connectivity index (χ2v) is 5.75. The highest BCUT2D eigenvalue weighted by Crippen LogP contribution is 2.31. The Morgan fingerprint density at radius 1 is 0.889 bits per heavy atom. The number of aromatic carboxylic acids is 1.